The van der Waals surface area contributed by atoms with Crippen molar-refractivity contribution in [1.82, 2.24) is 15.0 Å². The summed E-state index contributed by atoms with van der Waals surface area (Å²) in [5, 5.41) is 2.46. The molecule has 8 rings (SSSR count). The maximum absolute atomic E-state index is 7.47. The van der Waals surface area contributed by atoms with Crippen molar-refractivity contribution in [3.63, 3.8) is 0 Å². The second-order valence-corrected chi connectivity index (χ2v) is 11.8. The lowest BCUT2D eigenvalue weighted by Crippen LogP contribution is -2.00. The molecule has 0 radical (unpaired) electrons. The fourth-order valence-electron chi connectivity index (χ4n) is 5.82. The summed E-state index contributed by atoms with van der Waals surface area (Å²) in [7, 11) is 0. The van der Waals surface area contributed by atoms with E-state index in [0.717, 1.165) is 38.9 Å². The van der Waals surface area contributed by atoms with E-state index in [1.54, 1.807) is 11.3 Å². The number of nitrogens with zero attached hydrogens (tertiary/aromatic N) is 4. The Balaban J connectivity index is 1.34. The molecule has 0 aliphatic heterocycles. The largest absolute Gasteiger partial charge is 0.238 e. The Bertz CT molecular complexity index is 2310. The van der Waals surface area contributed by atoms with E-state index in [9.17, 15) is 0 Å². The summed E-state index contributed by atoms with van der Waals surface area (Å²) in [6.07, 6.45) is 0. The van der Waals surface area contributed by atoms with E-state index in [1.807, 2.05) is 72.8 Å². The topological polar surface area (TPSA) is 43.0 Å². The van der Waals surface area contributed by atoms with Gasteiger partial charge in [0.2, 0.25) is 0 Å². The van der Waals surface area contributed by atoms with Crippen LogP contribution < -0.4 is 0 Å². The molecule has 0 saturated heterocycles. The normalized spacial score (nSPS) is 11.1. The number of aromatic nitrogens is 3. The predicted octanol–water partition coefficient (Wildman–Crippen LogP) is 11.1. The van der Waals surface area contributed by atoms with Gasteiger partial charge in [-0.2, -0.15) is 0 Å². The van der Waals surface area contributed by atoms with E-state index in [0.29, 0.717) is 23.2 Å². The Labute approximate surface area is 264 Å². The molecule has 0 fully saturated rings. The van der Waals surface area contributed by atoms with Crippen molar-refractivity contribution in [2.24, 2.45) is 0 Å². The predicted molar refractivity (Wildman–Crippen MR) is 186 cm³/mol. The number of rotatable bonds is 5. The van der Waals surface area contributed by atoms with Crippen molar-refractivity contribution in [2.45, 2.75) is 0 Å². The third kappa shape index (κ3) is 4.94. The fourth-order valence-corrected chi connectivity index (χ4v) is 6.94. The monoisotopic (exact) mass is 592 g/mol. The van der Waals surface area contributed by atoms with Crippen LogP contribution in [0.4, 0.5) is 5.69 Å². The average Bonchev–Trinajstić information content (AvgIpc) is 3.51. The zero-order valence-corrected chi connectivity index (χ0v) is 24.9. The van der Waals surface area contributed by atoms with E-state index in [-0.39, 0.29) is 0 Å². The Morgan fingerprint density at radius 1 is 0.467 bits per heavy atom. The van der Waals surface area contributed by atoms with Gasteiger partial charge < -0.3 is 0 Å². The lowest BCUT2D eigenvalue weighted by molar-refractivity contribution is 1.07. The molecule has 0 saturated carbocycles. The number of thiophene rings is 1. The molecule has 0 bridgehead atoms. The van der Waals surface area contributed by atoms with Gasteiger partial charge in [0, 0.05) is 36.9 Å². The molecule has 4 nitrogen and oxygen atoms in total. The van der Waals surface area contributed by atoms with Crippen LogP contribution in [0, 0.1) is 6.57 Å². The van der Waals surface area contributed by atoms with Gasteiger partial charge in [0.25, 0.3) is 0 Å². The smallest absolute Gasteiger partial charge is 0.187 e. The highest BCUT2D eigenvalue weighted by molar-refractivity contribution is 7.26. The van der Waals surface area contributed by atoms with E-state index in [2.05, 4.69) is 77.6 Å². The van der Waals surface area contributed by atoms with Crippen molar-refractivity contribution in [3.8, 4) is 56.4 Å². The first-order chi connectivity index (χ1) is 22.2. The second kappa shape index (κ2) is 11.3. The first-order valence-corrected chi connectivity index (χ1v) is 15.5. The molecule has 6 aromatic carbocycles. The van der Waals surface area contributed by atoms with Gasteiger partial charge >= 0.3 is 0 Å². The Kier molecular flexibility index (Phi) is 6.68. The minimum Gasteiger partial charge on any atom is -0.238 e. The lowest BCUT2D eigenvalue weighted by Gasteiger charge is -2.14. The van der Waals surface area contributed by atoms with Crippen LogP contribution in [-0.4, -0.2) is 15.0 Å². The zero-order valence-electron chi connectivity index (χ0n) is 24.1. The number of hydrogen-bond acceptors (Lipinski definition) is 4. The highest BCUT2D eigenvalue weighted by atomic mass is 32.1. The van der Waals surface area contributed by atoms with Crippen LogP contribution in [0.5, 0.6) is 0 Å². The minimum absolute atomic E-state index is 0.620. The van der Waals surface area contributed by atoms with Gasteiger partial charge in [0.15, 0.2) is 23.2 Å². The van der Waals surface area contributed by atoms with Gasteiger partial charge in [-0.25, -0.2) is 19.8 Å². The molecular weight excluding hydrogens is 569 g/mol. The van der Waals surface area contributed by atoms with Crippen LogP contribution >= 0.6 is 11.3 Å². The molecule has 0 atom stereocenters. The maximum atomic E-state index is 7.47. The summed E-state index contributed by atoms with van der Waals surface area (Å²) in [6, 6.07) is 49.5. The van der Waals surface area contributed by atoms with Crippen molar-refractivity contribution >= 4 is 37.2 Å². The Morgan fingerprint density at radius 2 is 1.04 bits per heavy atom. The van der Waals surface area contributed by atoms with Gasteiger partial charge in [-0.05, 0) is 40.5 Å². The third-order valence-corrected chi connectivity index (χ3v) is 9.10. The summed E-state index contributed by atoms with van der Waals surface area (Å²) in [5.41, 5.74) is 7.83. The summed E-state index contributed by atoms with van der Waals surface area (Å²) < 4.78 is 2.49. The summed E-state index contributed by atoms with van der Waals surface area (Å²) in [4.78, 5) is 18.4. The minimum atomic E-state index is 0.620. The fraction of sp³-hybridized carbons (Fsp3) is 0. The van der Waals surface area contributed by atoms with Crippen molar-refractivity contribution < 1.29 is 0 Å². The van der Waals surface area contributed by atoms with Gasteiger partial charge in [-0.1, -0.05) is 127 Å². The van der Waals surface area contributed by atoms with E-state index in [4.69, 9.17) is 21.5 Å². The van der Waals surface area contributed by atoms with Crippen LogP contribution in [0.15, 0.2) is 146 Å². The Morgan fingerprint density at radius 3 is 1.71 bits per heavy atom. The molecule has 0 aliphatic carbocycles. The molecule has 0 aliphatic rings. The third-order valence-electron chi connectivity index (χ3n) is 7.96. The van der Waals surface area contributed by atoms with Crippen LogP contribution in [0.25, 0.3) is 81.4 Å². The average molecular weight is 593 g/mol. The summed E-state index contributed by atoms with van der Waals surface area (Å²) in [5.74, 6) is 1.89. The van der Waals surface area contributed by atoms with Gasteiger partial charge in [-0.3, -0.25) is 0 Å². The molecule has 8 aromatic rings. The van der Waals surface area contributed by atoms with Crippen LogP contribution in [0.1, 0.15) is 0 Å². The van der Waals surface area contributed by atoms with E-state index < -0.39 is 0 Å². The molecule has 0 N–H and O–H groups in total. The molecule has 210 valence electrons. The maximum Gasteiger partial charge on any atom is 0.187 e. The molecule has 0 amide bonds. The molecule has 0 spiro atoms. The standard InChI is InChI=1S/C40H24N4S/c1-41-31-21-19-26(20-22-31)36-32(23-24-35-37(36)33-17-8-9-18-34(33)45-35)29-15-10-16-30(25-29)40-43-38(27-11-4-2-5-12-27)42-39(44-40)28-13-6-3-7-14-28/h2-25H. The summed E-state index contributed by atoms with van der Waals surface area (Å²) in [6.45, 7) is 7.47. The quantitative estimate of drug-likeness (QED) is 0.187. The number of hydrogen-bond donors (Lipinski definition) is 0. The SMILES string of the molecule is [C-]#[N+]c1ccc(-c2c(-c3cccc(-c4nc(-c5ccccc5)nc(-c5ccccc5)n4)c3)ccc3sc4ccccc4c23)cc1. The highest BCUT2D eigenvalue weighted by Crippen LogP contribution is 2.45. The molecular formula is C40H24N4S. The molecule has 5 heteroatoms. The molecule has 2 heterocycles. The van der Waals surface area contributed by atoms with E-state index >= 15 is 0 Å². The molecule has 0 unspecified atom stereocenters. The molecule has 45 heavy (non-hydrogen) atoms. The van der Waals surface area contributed by atoms with Crippen molar-refractivity contribution in [2.75, 3.05) is 0 Å². The first-order valence-electron chi connectivity index (χ1n) is 14.6. The highest BCUT2D eigenvalue weighted by Gasteiger charge is 2.18. The lowest BCUT2D eigenvalue weighted by atomic mass is 9.90. The van der Waals surface area contributed by atoms with Gasteiger partial charge in [0.1, 0.15) is 0 Å². The summed E-state index contributed by atoms with van der Waals surface area (Å²) >= 11 is 1.81. The Hall–Kier alpha value is -5.96. The van der Waals surface area contributed by atoms with Crippen LogP contribution in [-0.2, 0) is 0 Å². The second-order valence-electron chi connectivity index (χ2n) is 10.7. The van der Waals surface area contributed by atoms with Gasteiger partial charge in [0.05, 0.1) is 6.57 Å². The number of fused-ring (bicyclic) bond motifs is 3. The zero-order chi connectivity index (χ0) is 30.2. The van der Waals surface area contributed by atoms with E-state index in [1.165, 1.54) is 20.2 Å². The van der Waals surface area contributed by atoms with Crippen molar-refractivity contribution in [1.29, 1.82) is 0 Å². The van der Waals surface area contributed by atoms with Gasteiger partial charge in [-0.15, -0.1) is 11.3 Å². The van der Waals surface area contributed by atoms with Crippen molar-refractivity contribution in [3.05, 3.63) is 157 Å². The van der Waals surface area contributed by atoms with Crippen LogP contribution in [0.3, 0.4) is 0 Å². The number of benzene rings is 6. The van der Waals surface area contributed by atoms with Crippen LogP contribution in [0.2, 0.25) is 0 Å². The molecule has 2 aromatic heterocycles. The first kappa shape index (κ1) is 26.7.